The second-order valence-electron chi connectivity index (χ2n) is 5.00. The summed E-state index contributed by atoms with van der Waals surface area (Å²) in [6.07, 6.45) is 2.33. The molecule has 1 heterocycles. The molecule has 0 bridgehead atoms. The Morgan fingerprint density at radius 1 is 1.16 bits per heavy atom. The zero-order valence-electron chi connectivity index (χ0n) is 10.8. The van der Waals surface area contributed by atoms with E-state index < -0.39 is 0 Å². The van der Waals surface area contributed by atoms with E-state index in [4.69, 9.17) is 5.73 Å². The molecule has 0 saturated heterocycles. The predicted molar refractivity (Wildman–Crippen MR) is 84.4 cm³/mol. The minimum Gasteiger partial charge on any atom is -0.399 e. The molecular weight excluding hydrogens is 300 g/mol. The second-order valence-corrected chi connectivity index (χ2v) is 5.86. The maximum atomic E-state index is 5.88. The standard InChI is InChI=1S/C16H17BrN2/c17-15-6-2-1-4-13(15)11-19-9-3-5-12-10-14(18)7-8-16(12)19/h1-2,4,6-8,10H,3,5,9,11,18H2. The van der Waals surface area contributed by atoms with Gasteiger partial charge in [-0.2, -0.15) is 0 Å². The van der Waals surface area contributed by atoms with Crippen molar-refractivity contribution in [3.8, 4) is 0 Å². The predicted octanol–water partition coefficient (Wildman–Crippen LogP) is 3.98. The molecule has 98 valence electrons. The van der Waals surface area contributed by atoms with Gasteiger partial charge in [-0.15, -0.1) is 0 Å². The second kappa shape index (κ2) is 5.25. The first-order valence-corrected chi connectivity index (χ1v) is 7.40. The van der Waals surface area contributed by atoms with Crippen molar-refractivity contribution in [2.45, 2.75) is 19.4 Å². The van der Waals surface area contributed by atoms with Crippen LogP contribution in [0.15, 0.2) is 46.9 Å². The minimum atomic E-state index is 0.862. The van der Waals surface area contributed by atoms with Crippen molar-refractivity contribution < 1.29 is 0 Å². The van der Waals surface area contributed by atoms with Crippen molar-refractivity contribution in [3.05, 3.63) is 58.1 Å². The van der Waals surface area contributed by atoms with Crippen LogP contribution in [0.1, 0.15) is 17.5 Å². The summed E-state index contributed by atoms with van der Waals surface area (Å²) in [7, 11) is 0. The molecule has 2 N–H and O–H groups in total. The summed E-state index contributed by atoms with van der Waals surface area (Å²) in [5, 5.41) is 0. The van der Waals surface area contributed by atoms with Crippen LogP contribution in [0, 0.1) is 0 Å². The Morgan fingerprint density at radius 2 is 2.00 bits per heavy atom. The molecular formula is C16H17BrN2. The highest BCUT2D eigenvalue weighted by atomic mass is 79.9. The van der Waals surface area contributed by atoms with Crippen LogP contribution in [-0.2, 0) is 13.0 Å². The molecule has 0 amide bonds. The normalized spacial score (nSPS) is 14.3. The van der Waals surface area contributed by atoms with Crippen LogP contribution >= 0.6 is 15.9 Å². The number of aryl methyl sites for hydroxylation is 1. The van der Waals surface area contributed by atoms with E-state index in [0.29, 0.717) is 0 Å². The summed E-state index contributed by atoms with van der Waals surface area (Å²) in [6.45, 7) is 2.05. The number of nitrogens with zero attached hydrogens (tertiary/aromatic N) is 1. The molecule has 0 atom stereocenters. The summed E-state index contributed by atoms with van der Waals surface area (Å²) in [5.41, 5.74) is 10.8. The van der Waals surface area contributed by atoms with E-state index in [2.05, 4.69) is 57.2 Å². The van der Waals surface area contributed by atoms with Gasteiger partial charge in [0.15, 0.2) is 0 Å². The molecule has 0 saturated carbocycles. The van der Waals surface area contributed by atoms with Crippen LogP contribution in [0.5, 0.6) is 0 Å². The topological polar surface area (TPSA) is 29.3 Å². The number of rotatable bonds is 2. The smallest absolute Gasteiger partial charge is 0.0440 e. The Bertz CT molecular complexity index is 595. The van der Waals surface area contributed by atoms with Crippen molar-refractivity contribution in [1.29, 1.82) is 0 Å². The van der Waals surface area contributed by atoms with Gasteiger partial charge in [0.25, 0.3) is 0 Å². The average Bonchev–Trinajstić information content (AvgIpc) is 2.41. The van der Waals surface area contributed by atoms with Crippen LogP contribution < -0.4 is 10.6 Å². The van der Waals surface area contributed by atoms with Crippen LogP contribution in [-0.4, -0.2) is 6.54 Å². The first kappa shape index (κ1) is 12.5. The quantitative estimate of drug-likeness (QED) is 0.849. The molecule has 2 aromatic carbocycles. The Morgan fingerprint density at radius 3 is 2.84 bits per heavy atom. The third-order valence-electron chi connectivity index (χ3n) is 3.64. The van der Waals surface area contributed by atoms with Crippen LogP contribution in [0.25, 0.3) is 0 Å². The lowest BCUT2D eigenvalue weighted by Gasteiger charge is -2.32. The van der Waals surface area contributed by atoms with Gasteiger partial charge in [0.2, 0.25) is 0 Å². The average molecular weight is 317 g/mol. The number of fused-ring (bicyclic) bond motifs is 1. The van der Waals surface area contributed by atoms with Crippen molar-refractivity contribution in [2.75, 3.05) is 17.2 Å². The number of anilines is 2. The van der Waals surface area contributed by atoms with Gasteiger partial charge in [0.05, 0.1) is 0 Å². The van der Waals surface area contributed by atoms with E-state index in [-0.39, 0.29) is 0 Å². The molecule has 0 spiro atoms. The molecule has 0 fully saturated rings. The fraction of sp³-hybridized carbons (Fsp3) is 0.250. The molecule has 0 aromatic heterocycles. The zero-order chi connectivity index (χ0) is 13.2. The largest absolute Gasteiger partial charge is 0.399 e. The highest BCUT2D eigenvalue weighted by molar-refractivity contribution is 9.10. The van der Waals surface area contributed by atoms with E-state index in [9.17, 15) is 0 Å². The summed E-state index contributed by atoms with van der Waals surface area (Å²) in [6, 6.07) is 14.7. The number of nitrogen functional groups attached to an aromatic ring is 1. The Hall–Kier alpha value is -1.48. The molecule has 0 unspecified atom stereocenters. The fourth-order valence-electron chi connectivity index (χ4n) is 2.69. The van der Waals surface area contributed by atoms with Crippen molar-refractivity contribution in [1.82, 2.24) is 0 Å². The number of hydrogen-bond acceptors (Lipinski definition) is 2. The van der Waals surface area contributed by atoms with Gasteiger partial charge in [-0.05, 0) is 48.2 Å². The fourth-order valence-corrected chi connectivity index (χ4v) is 3.10. The van der Waals surface area contributed by atoms with E-state index in [0.717, 1.165) is 25.2 Å². The third kappa shape index (κ3) is 2.61. The van der Waals surface area contributed by atoms with E-state index in [1.165, 1.54) is 27.7 Å². The van der Waals surface area contributed by atoms with Crippen molar-refractivity contribution in [3.63, 3.8) is 0 Å². The van der Waals surface area contributed by atoms with Gasteiger partial charge in [-0.1, -0.05) is 34.1 Å². The Balaban J connectivity index is 1.90. The SMILES string of the molecule is Nc1ccc2c(c1)CCCN2Cc1ccccc1Br. The van der Waals surface area contributed by atoms with E-state index >= 15 is 0 Å². The first-order valence-electron chi connectivity index (χ1n) is 6.61. The van der Waals surface area contributed by atoms with E-state index in [1.807, 2.05) is 6.07 Å². The van der Waals surface area contributed by atoms with Gasteiger partial charge >= 0.3 is 0 Å². The van der Waals surface area contributed by atoms with E-state index in [1.54, 1.807) is 0 Å². The summed E-state index contributed by atoms with van der Waals surface area (Å²) in [4.78, 5) is 2.44. The Labute approximate surface area is 122 Å². The Kier molecular flexibility index (Phi) is 3.47. The van der Waals surface area contributed by atoms with Gasteiger partial charge < -0.3 is 10.6 Å². The molecule has 3 heteroatoms. The lowest BCUT2D eigenvalue weighted by atomic mass is 10.0. The van der Waals surface area contributed by atoms with Crippen LogP contribution in [0.2, 0.25) is 0 Å². The number of nitrogens with two attached hydrogens (primary N) is 1. The summed E-state index contributed by atoms with van der Waals surface area (Å²) < 4.78 is 1.18. The molecule has 3 rings (SSSR count). The lowest BCUT2D eigenvalue weighted by molar-refractivity contribution is 0.690. The van der Waals surface area contributed by atoms with Crippen molar-refractivity contribution in [2.24, 2.45) is 0 Å². The monoisotopic (exact) mass is 316 g/mol. The van der Waals surface area contributed by atoms with Crippen LogP contribution in [0.4, 0.5) is 11.4 Å². The number of halogens is 1. The molecule has 19 heavy (non-hydrogen) atoms. The lowest BCUT2D eigenvalue weighted by Crippen LogP contribution is -2.29. The maximum Gasteiger partial charge on any atom is 0.0440 e. The number of hydrogen-bond donors (Lipinski definition) is 1. The van der Waals surface area contributed by atoms with Crippen LogP contribution in [0.3, 0.4) is 0 Å². The van der Waals surface area contributed by atoms with Gasteiger partial charge in [-0.3, -0.25) is 0 Å². The third-order valence-corrected chi connectivity index (χ3v) is 4.41. The van der Waals surface area contributed by atoms with Gasteiger partial charge in [-0.25, -0.2) is 0 Å². The molecule has 1 aliphatic heterocycles. The molecule has 1 aliphatic rings. The molecule has 0 aliphatic carbocycles. The number of benzene rings is 2. The van der Waals surface area contributed by atoms with Crippen molar-refractivity contribution >= 4 is 27.3 Å². The minimum absolute atomic E-state index is 0.862. The van der Waals surface area contributed by atoms with Gasteiger partial charge in [0.1, 0.15) is 0 Å². The van der Waals surface area contributed by atoms with Gasteiger partial charge in [0, 0.05) is 28.9 Å². The maximum absolute atomic E-state index is 5.88. The highest BCUT2D eigenvalue weighted by Crippen LogP contribution is 2.31. The molecule has 2 aromatic rings. The molecule has 0 radical (unpaired) electrons. The summed E-state index contributed by atoms with van der Waals surface area (Å²) >= 11 is 3.63. The highest BCUT2D eigenvalue weighted by Gasteiger charge is 2.17. The first-order chi connectivity index (χ1) is 9.24. The summed E-state index contributed by atoms with van der Waals surface area (Å²) in [5.74, 6) is 0. The zero-order valence-corrected chi connectivity index (χ0v) is 12.4. The molecule has 2 nitrogen and oxygen atoms in total.